The Morgan fingerprint density at radius 3 is 2.68 bits per heavy atom. The number of carbonyl (C=O) groups is 1. The fourth-order valence-corrected chi connectivity index (χ4v) is 4.23. The van der Waals surface area contributed by atoms with E-state index in [0.29, 0.717) is 0 Å². The molecule has 1 N–H and O–H groups in total. The summed E-state index contributed by atoms with van der Waals surface area (Å²) < 4.78 is -0.00210. The van der Waals surface area contributed by atoms with E-state index < -0.39 is 0 Å². The van der Waals surface area contributed by atoms with Crippen molar-refractivity contribution in [1.82, 2.24) is 10.2 Å². The standard InChI is InChI=1S/C15H26N2OS/c1-5-6-7-8-9-10-16-12-13(18)17-11(2)15(3,4)19-14(12)17/h12,14,16H,2,5-10H2,1,3-4H3/t12-,14-/m1/s1. The lowest BCUT2D eigenvalue weighted by atomic mass is 10.0. The number of nitrogens with one attached hydrogen (secondary N) is 1. The number of unbranched alkanes of at least 4 members (excludes halogenated alkanes) is 4. The molecular weight excluding hydrogens is 256 g/mol. The van der Waals surface area contributed by atoms with Crippen molar-refractivity contribution in [3.8, 4) is 0 Å². The smallest absolute Gasteiger partial charge is 0.247 e. The van der Waals surface area contributed by atoms with E-state index >= 15 is 0 Å². The predicted octanol–water partition coefficient (Wildman–Crippen LogP) is 3.12. The molecule has 0 unspecified atom stereocenters. The molecule has 1 amide bonds. The normalized spacial score (nSPS) is 28.5. The third kappa shape index (κ3) is 2.84. The Morgan fingerprint density at radius 2 is 2.00 bits per heavy atom. The van der Waals surface area contributed by atoms with Gasteiger partial charge in [-0.1, -0.05) is 39.2 Å². The van der Waals surface area contributed by atoms with Gasteiger partial charge in [0.05, 0.1) is 4.75 Å². The highest BCUT2D eigenvalue weighted by Crippen LogP contribution is 2.52. The van der Waals surface area contributed by atoms with Gasteiger partial charge in [-0.3, -0.25) is 9.69 Å². The van der Waals surface area contributed by atoms with Crippen molar-refractivity contribution in [2.24, 2.45) is 0 Å². The van der Waals surface area contributed by atoms with Crippen molar-refractivity contribution < 1.29 is 4.79 Å². The van der Waals surface area contributed by atoms with Gasteiger partial charge >= 0.3 is 0 Å². The number of thioether (sulfide) groups is 1. The first-order valence-corrected chi connectivity index (χ1v) is 8.30. The topological polar surface area (TPSA) is 32.3 Å². The van der Waals surface area contributed by atoms with E-state index in [-0.39, 0.29) is 22.1 Å². The quantitative estimate of drug-likeness (QED) is 0.575. The maximum Gasteiger partial charge on any atom is 0.247 e. The Hall–Kier alpha value is -0.480. The summed E-state index contributed by atoms with van der Waals surface area (Å²) in [6, 6.07) is 0.00898. The maximum absolute atomic E-state index is 12.1. The van der Waals surface area contributed by atoms with Gasteiger partial charge in [0.1, 0.15) is 11.4 Å². The highest BCUT2D eigenvalue weighted by Gasteiger charge is 2.57. The summed E-state index contributed by atoms with van der Waals surface area (Å²) in [5.41, 5.74) is 0.966. The van der Waals surface area contributed by atoms with Crippen LogP contribution >= 0.6 is 11.8 Å². The van der Waals surface area contributed by atoms with Crippen LogP contribution in [0.4, 0.5) is 0 Å². The van der Waals surface area contributed by atoms with Crippen molar-refractivity contribution in [2.75, 3.05) is 6.54 Å². The van der Waals surface area contributed by atoms with Crippen molar-refractivity contribution >= 4 is 17.7 Å². The van der Waals surface area contributed by atoms with E-state index in [4.69, 9.17) is 0 Å². The van der Waals surface area contributed by atoms with Gasteiger partial charge in [0.25, 0.3) is 0 Å². The number of amides is 1. The Morgan fingerprint density at radius 1 is 1.32 bits per heavy atom. The average molecular weight is 282 g/mol. The molecule has 0 bridgehead atoms. The van der Waals surface area contributed by atoms with E-state index in [0.717, 1.165) is 12.2 Å². The summed E-state index contributed by atoms with van der Waals surface area (Å²) in [7, 11) is 0. The second kappa shape index (κ2) is 5.88. The van der Waals surface area contributed by atoms with Gasteiger partial charge in [-0.15, -0.1) is 11.8 Å². The van der Waals surface area contributed by atoms with Crippen molar-refractivity contribution in [2.45, 2.75) is 69.0 Å². The third-order valence-corrected chi connectivity index (χ3v) is 5.64. The van der Waals surface area contributed by atoms with E-state index in [1.54, 1.807) is 0 Å². The molecule has 0 aliphatic carbocycles. The molecular formula is C15H26N2OS. The highest BCUT2D eigenvalue weighted by atomic mass is 32.2. The van der Waals surface area contributed by atoms with Crippen LogP contribution < -0.4 is 5.32 Å². The third-order valence-electron chi connectivity index (χ3n) is 4.09. The van der Waals surface area contributed by atoms with Crippen molar-refractivity contribution in [3.05, 3.63) is 12.3 Å². The van der Waals surface area contributed by atoms with Crippen LogP contribution in [0.5, 0.6) is 0 Å². The fourth-order valence-electron chi connectivity index (χ4n) is 2.71. The molecule has 3 nitrogen and oxygen atoms in total. The van der Waals surface area contributed by atoms with Crippen molar-refractivity contribution in [1.29, 1.82) is 0 Å². The first-order valence-electron chi connectivity index (χ1n) is 7.42. The number of hydrogen-bond acceptors (Lipinski definition) is 3. The van der Waals surface area contributed by atoms with Gasteiger partial charge < -0.3 is 5.32 Å². The molecule has 0 saturated carbocycles. The minimum Gasteiger partial charge on any atom is -0.303 e. The SMILES string of the molecule is C=C1N2C(=O)[C@@H](NCCCCCCC)[C@H]2SC1(C)C. The molecule has 0 spiro atoms. The van der Waals surface area contributed by atoms with Crippen LogP contribution in [0.1, 0.15) is 52.9 Å². The van der Waals surface area contributed by atoms with E-state index in [2.05, 4.69) is 32.7 Å². The number of nitrogens with zero attached hydrogens (tertiary/aromatic N) is 1. The highest BCUT2D eigenvalue weighted by molar-refractivity contribution is 8.01. The molecule has 0 aromatic rings. The molecule has 2 atom stereocenters. The molecule has 2 aliphatic rings. The lowest BCUT2D eigenvalue weighted by Crippen LogP contribution is -2.65. The van der Waals surface area contributed by atoms with Gasteiger partial charge in [0, 0.05) is 5.70 Å². The second-order valence-electron chi connectivity index (χ2n) is 6.02. The van der Waals surface area contributed by atoms with Crippen LogP contribution in [-0.4, -0.2) is 33.5 Å². The molecule has 0 aromatic heterocycles. The summed E-state index contributed by atoms with van der Waals surface area (Å²) in [5, 5.41) is 3.69. The first-order chi connectivity index (χ1) is 8.99. The zero-order chi connectivity index (χ0) is 14.0. The molecule has 0 aromatic carbocycles. The van der Waals surface area contributed by atoms with Gasteiger partial charge in [0.2, 0.25) is 5.91 Å². The molecule has 19 heavy (non-hydrogen) atoms. The van der Waals surface area contributed by atoms with Crippen LogP contribution in [0.3, 0.4) is 0 Å². The Labute approximate surface area is 121 Å². The molecule has 0 radical (unpaired) electrons. The molecule has 2 fully saturated rings. The number of β-lactam (4-membered cyclic amide) rings is 1. The molecule has 2 rings (SSSR count). The lowest BCUT2D eigenvalue weighted by Gasteiger charge is -2.42. The number of carbonyl (C=O) groups excluding carboxylic acids is 1. The zero-order valence-electron chi connectivity index (χ0n) is 12.4. The molecule has 4 heteroatoms. The van der Waals surface area contributed by atoms with Crippen LogP contribution in [-0.2, 0) is 4.79 Å². The summed E-state index contributed by atoms with van der Waals surface area (Å²) in [6.45, 7) is 11.5. The zero-order valence-corrected chi connectivity index (χ0v) is 13.2. The van der Waals surface area contributed by atoms with E-state index in [1.165, 1.54) is 32.1 Å². The molecule has 108 valence electrons. The summed E-state index contributed by atoms with van der Waals surface area (Å²) in [5.74, 6) is 0.210. The fraction of sp³-hybridized carbons (Fsp3) is 0.800. The van der Waals surface area contributed by atoms with Crippen LogP contribution in [0.2, 0.25) is 0 Å². The maximum atomic E-state index is 12.1. The Balaban J connectivity index is 1.73. The van der Waals surface area contributed by atoms with E-state index in [1.807, 2.05) is 16.7 Å². The number of fused-ring (bicyclic) bond motifs is 1. The minimum absolute atomic E-state index is 0.00210. The van der Waals surface area contributed by atoms with Gasteiger partial charge in [-0.25, -0.2) is 0 Å². The summed E-state index contributed by atoms with van der Waals surface area (Å²) in [4.78, 5) is 14.0. The van der Waals surface area contributed by atoms with Crippen LogP contribution in [0, 0.1) is 0 Å². The average Bonchev–Trinajstić information content (AvgIpc) is 2.57. The minimum atomic E-state index is -0.00210. The molecule has 2 saturated heterocycles. The molecule has 2 aliphatic heterocycles. The van der Waals surface area contributed by atoms with Gasteiger partial charge in [0.15, 0.2) is 0 Å². The van der Waals surface area contributed by atoms with Gasteiger partial charge in [-0.2, -0.15) is 0 Å². The molecule has 2 heterocycles. The Kier molecular flexibility index (Phi) is 4.62. The second-order valence-corrected chi connectivity index (χ2v) is 7.76. The lowest BCUT2D eigenvalue weighted by molar-refractivity contribution is -0.142. The largest absolute Gasteiger partial charge is 0.303 e. The first kappa shape index (κ1) is 14.9. The summed E-state index contributed by atoms with van der Waals surface area (Å²) in [6.07, 6.45) is 6.35. The predicted molar refractivity (Wildman–Crippen MR) is 82.0 cm³/mol. The number of rotatable bonds is 7. The monoisotopic (exact) mass is 282 g/mol. The van der Waals surface area contributed by atoms with Gasteiger partial charge in [-0.05, 0) is 26.8 Å². The Bertz CT molecular complexity index is 367. The van der Waals surface area contributed by atoms with E-state index in [9.17, 15) is 4.79 Å². The van der Waals surface area contributed by atoms with Crippen LogP contribution in [0.25, 0.3) is 0 Å². The van der Waals surface area contributed by atoms with Crippen LogP contribution in [0.15, 0.2) is 12.3 Å². The van der Waals surface area contributed by atoms with Crippen molar-refractivity contribution in [3.63, 3.8) is 0 Å². The summed E-state index contributed by atoms with van der Waals surface area (Å²) >= 11 is 1.85. The number of hydrogen-bond donors (Lipinski definition) is 1.